The molecule has 1 atom stereocenters. The summed E-state index contributed by atoms with van der Waals surface area (Å²) in [5.74, 6) is 0. The second-order valence-electron chi connectivity index (χ2n) is 4.83. The summed E-state index contributed by atoms with van der Waals surface area (Å²) in [5, 5.41) is 8.54. The summed E-state index contributed by atoms with van der Waals surface area (Å²) in [4.78, 5) is 4.40. The molecule has 0 bridgehead atoms. The Hall–Kier alpha value is -1.59. The normalized spacial score (nSPS) is 12.8. The van der Waals surface area contributed by atoms with Gasteiger partial charge in [0, 0.05) is 18.8 Å². The van der Waals surface area contributed by atoms with Gasteiger partial charge in [0.1, 0.15) is 5.52 Å². The summed E-state index contributed by atoms with van der Waals surface area (Å²) in [6.07, 6.45) is 2.03. The number of nitrogens with zero attached hydrogens (tertiary/aromatic N) is 3. The lowest BCUT2D eigenvalue weighted by molar-refractivity contribution is 0.756. The van der Waals surface area contributed by atoms with Crippen LogP contribution in [0.3, 0.4) is 0 Å². The van der Waals surface area contributed by atoms with E-state index < -0.39 is 0 Å². The number of halogens is 1. The summed E-state index contributed by atoms with van der Waals surface area (Å²) in [5.41, 5.74) is 5.84. The van der Waals surface area contributed by atoms with E-state index in [1.807, 2.05) is 42.5 Å². The Balaban J connectivity index is 1.98. The van der Waals surface area contributed by atoms with E-state index in [9.17, 15) is 0 Å². The maximum Gasteiger partial charge on any atom is 0.106 e. The second kappa shape index (κ2) is 5.07. The first-order valence-electron chi connectivity index (χ1n) is 6.34. The molecule has 3 rings (SSSR count). The zero-order valence-corrected chi connectivity index (χ0v) is 13.1. The van der Waals surface area contributed by atoms with Gasteiger partial charge in [0.15, 0.2) is 0 Å². The Kier molecular flexibility index (Phi) is 3.40. The molecule has 2 heterocycles. The van der Waals surface area contributed by atoms with Crippen LogP contribution < -0.4 is 5.32 Å². The van der Waals surface area contributed by atoms with Gasteiger partial charge in [-0.3, -0.25) is 4.68 Å². The van der Waals surface area contributed by atoms with E-state index in [4.69, 9.17) is 11.6 Å². The first kappa shape index (κ1) is 13.4. The van der Waals surface area contributed by atoms with Gasteiger partial charge in [-0.25, -0.2) is 4.98 Å². The van der Waals surface area contributed by atoms with E-state index in [2.05, 4.69) is 22.3 Å². The van der Waals surface area contributed by atoms with E-state index in [1.54, 1.807) is 11.3 Å². The van der Waals surface area contributed by atoms with Gasteiger partial charge in [-0.15, -0.1) is 11.3 Å². The molecule has 1 aromatic carbocycles. The van der Waals surface area contributed by atoms with Crippen LogP contribution in [0, 0.1) is 6.92 Å². The minimum atomic E-state index is 0.119. The van der Waals surface area contributed by atoms with Crippen molar-refractivity contribution in [3.05, 3.63) is 40.1 Å². The molecular weight excluding hydrogens is 292 g/mol. The van der Waals surface area contributed by atoms with Crippen molar-refractivity contribution in [3.8, 4) is 0 Å². The number of thiazole rings is 1. The maximum atomic E-state index is 6.32. The molecular formula is C14H15ClN4S. The molecule has 104 valence electrons. The zero-order chi connectivity index (χ0) is 14.3. The van der Waals surface area contributed by atoms with E-state index in [-0.39, 0.29) is 6.04 Å². The Morgan fingerprint density at radius 1 is 1.40 bits per heavy atom. The van der Waals surface area contributed by atoms with Crippen molar-refractivity contribution < 1.29 is 0 Å². The van der Waals surface area contributed by atoms with Crippen LogP contribution in [0.1, 0.15) is 24.2 Å². The zero-order valence-electron chi connectivity index (χ0n) is 11.5. The molecule has 0 aliphatic rings. The summed E-state index contributed by atoms with van der Waals surface area (Å²) >= 11 is 7.93. The van der Waals surface area contributed by atoms with Crippen LogP contribution in [0.25, 0.3) is 10.2 Å². The second-order valence-corrected chi connectivity index (χ2v) is 6.12. The Morgan fingerprint density at radius 2 is 2.20 bits per heavy atom. The Morgan fingerprint density at radius 3 is 2.90 bits per heavy atom. The van der Waals surface area contributed by atoms with Crippen LogP contribution in [0.5, 0.6) is 0 Å². The van der Waals surface area contributed by atoms with Crippen molar-refractivity contribution in [2.45, 2.75) is 19.9 Å². The number of aromatic nitrogens is 3. The molecule has 0 aliphatic heterocycles. The number of nitrogens with one attached hydrogen (secondary N) is 1. The molecule has 2 aromatic heterocycles. The fraction of sp³-hybridized carbons (Fsp3) is 0.286. The standard InChI is InChI=1S/C14H15ClN4S/c1-8(10-6-19(3)18-9(10)2)17-13-11(15)4-5-12-14(13)16-7-20-12/h4-8,17H,1-3H3. The van der Waals surface area contributed by atoms with E-state index in [1.165, 1.54) is 0 Å². The summed E-state index contributed by atoms with van der Waals surface area (Å²) in [6, 6.07) is 4.03. The van der Waals surface area contributed by atoms with Crippen LogP contribution >= 0.6 is 22.9 Å². The van der Waals surface area contributed by atoms with Crippen LogP contribution in [-0.2, 0) is 7.05 Å². The van der Waals surface area contributed by atoms with Crippen molar-refractivity contribution in [3.63, 3.8) is 0 Å². The number of hydrogen-bond acceptors (Lipinski definition) is 4. The number of fused-ring (bicyclic) bond motifs is 1. The third-order valence-electron chi connectivity index (χ3n) is 3.33. The van der Waals surface area contributed by atoms with Gasteiger partial charge in [0.25, 0.3) is 0 Å². The van der Waals surface area contributed by atoms with Crippen molar-refractivity contribution in [2.75, 3.05) is 5.32 Å². The van der Waals surface area contributed by atoms with Crippen molar-refractivity contribution in [1.82, 2.24) is 14.8 Å². The first-order valence-corrected chi connectivity index (χ1v) is 7.60. The van der Waals surface area contributed by atoms with Crippen LogP contribution in [0.2, 0.25) is 5.02 Å². The lowest BCUT2D eigenvalue weighted by atomic mass is 10.1. The Labute approximate surface area is 126 Å². The predicted molar refractivity (Wildman–Crippen MR) is 84.6 cm³/mol. The number of hydrogen-bond donors (Lipinski definition) is 1. The summed E-state index contributed by atoms with van der Waals surface area (Å²) < 4.78 is 2.96. The molecule has 0 saturated heterocycles. The topological polar surface area (TPSA) is 42.7 Å². The van der Waals surface area contributed by atoms with Gasteiger partial charge in [0.05, 0.1) is 32.7 Å². The third-order valence-corrected chi connectivity index (χ3v) is 4.44. The number of aryl methyl sites for hydroxylation is 2. The molecule has 4 nitrogen and oxygen atoms in total. The molecule has 0 amide bonds. The molecule has 1 unspecified atom stereocenters. The fourth-order valence-corrected chi connectivity index (χ4v) is 3.27. The van der Waals surface area contributed by atoms with Crippen LogP contribution in [0.15, 0.2) is 23.8 Å². The average molecular weight is 307 g/mol. The number of rotatable bonds is 3. The minimum absolute atomic E-state index is 0.119. The van der Waals surface area contributed by atoms with Gasteiger partial charge in [0.2, 0.25) is 0 Å². The first-order chi connectivity index (χ1) is 9.56. The molecule has 1 N–H and O–H groups in total. The number of anilines is 1. The lowest BCUT2D eigenvalue weighted by Crippen LogP contribution is -2.08. The highest BCUT2D eigenvalue weighted by Crippen LogP contribution is 2.34. The van der Waals surface area contributed by atoms with Crippen molar-refractivity contribution in [1.29, 1.82) is 0 Å². The van der Waals surface area contributed by atoms with E-state index in [0.717, 1.165) is 27.2 Å². The van der Waals surface area contributed by atoms with Gasteiger partial charge in [-0.1, -0.05) is 11.6 Å². The highest BCUT2D eigenvalue weighted by molar-refractivity contribution is 7.16. The monoisotopic (exact) mass is 306 g/mol. The molecule has 0 aliphatic carbocycles. The number of benzene rings is 1. The largest absolute Gasteiger partial charge is 0.375 e. The minimum Gasteiger partial charge on any atom is -0.375 e. The van der Waals surface area contributed by atoms with Crippen molar-refractivity contribution >= 4 is 38.8 Å². The molecule has 0 saturated carbocycles. The van der Waals surface area contributed by atoms with E-state index >= 15 is 0 Å². The van der Waals surface area contributed by atoms with Gasteiger partial charge in [-0.05, 0) is 26.0 Å². The van der Waals surface area contributed by atoms with Gasteiger partial charge >= 0.3 is 0 Å². The Bertz CT molecular complexity index is 762. The maximum absolute atomic E-state index is 6.32. The molecule has 0 radical (unpaired) electrons. The van der Waals surface area contributed by atoms with Crippen LogP contribution in [-0.4, -0.2) is 14.8 Å². The average Bonchev–Trinajstić information content (AvgIpc) is 2.99. The predicted octanol–water partition coefficient (Wildman–Crippen LogP) is 4.16. The van der Waals surface area contributed by atoms with Gasteiger partial charge in [-0.2, -0.15) is 5.10 Å². The van der Waals surface area contributed by atoms with Crippen LogP contribution in [0.4, 0.5) is 5.69 Å². The van der Waals surface area contributed by atoms with E-state index in [0.29, 0.717) is 5.02 Å². The molecule has 0 spiro atoms. The third kappa shape index (κ3) is 2.27. The SMILES string of the molecule is Cc1nn(C)cc1C(C)Nc1c(Cl)ccc2scnc12. The summed E-state index contributed by atoms with van der Waals surface area (Å²) in [6.45, 7) is 4.12. The van der Waals surface area contributed by atoms with Gasteiger partial charge < -0.3 is 5.32 Å². The quantitative estimate of drug-likeness (QED) is 0.790. The smallest absolute Gasteiger partial charge is 0.106 e. The molecule has 0 fully saturated rings. The summed E-state index contributed by atoms with van der Waals surface area (Å²) in [7, 11) is 1.93. The highest BCUT2D eigenvalue weighted by Gasteiger charge is 2.15. The molecule has 20 heavy (non-hydrogen) atoms. The highest BCUT2D eigenvalue weighted by atomic mass is 35.5. The van der Waals surface area contributed by atoms with Crippen molar-refractivity contribution in [2.24, 2.45) is 7.05 Å². The fourth-order valence-electron chi connectivity index (χ4n) is 2.38. The molecule has 3 aromatic rings. The molecule has 6 heteroatoms. The lowest BCUT2D eigenvalue weighted by Gasteiger charge is -2.16.